The second-order valence-electron chi connectivity index (χ2n) is 5.23. The van der Waals surface area contributed by atoms with Crippen LogP contribution in [-0.2, 0) is 0 Å². The maximum absolute atomic E-state index is 13.7. The minimum absolute atomic E-state index is 0.136. The highest BCUT2D eigenvalue weighted by Gasteiger charge is 2.11. The van der Waals surface area contributed by atoms with Gasteiger partial charge >= 0.3 is 0 Å². The summed E-state index contributed by atoms with van der Waals surface area (Å²) in [6.07, 6.45) is 8.57. The Hall–Kier alpha value is -2.22. The summed E-state index contributed by atoms with van der Waals surface area (Å²) < 4.78 is 13.7. The fraction of sp³-hybridized carbons (Fsp3) is 0.167. The SMILES string of the molecule is CC1=CC(C)=CC(c2ccc3c(F)cccc3n2)C=C1. The van der Waals surface area contributed by atoms with Gasteiger partial charge in [0.05, 0.1) is 11.2 Å². The third-order valence-electron chi connectivity index (χ3n) is 3.51. The van der Waals surface area contributed by atoms with E-state index in [0.717, 1.165) is 5.69 Å². The highest BCUT2D eigenvalue weighted by Crippen LogP contribution is 2.25. The molecule has 1 aliphatic rings. The van der Waals surface area contributed by atoms with Crippen molar-refractivity contribution in [3.05, 3.63) is 77.3 Å². The molecule has 0 spiro atoms. The summed E-state index contributed by atoms with van der Waals surface area (Å²) in [5.41, 5.74) is 4.10. The average molecular weight is 265 g/mol. The van der Waals surface area contributed by atoms with Crippen molar-refractivity contribution in [3.63, 3.8) is 0 Å². The van der Waals surface area contributed by atoms with Crippen molar-refractivity contribution in [3.8, 4) is 0 Å². The lowest BCUT2D eigenvalue weighted by Gasteiger charge is -2.09. The van der Waals surface area contributed by atoms with Crippen LogP contribution in [0.25, 0.3) is 10.9 Å². The molecule has 1 heterocycles. The summed E-state index contributed by atoms with van der Waals surface area (Å²) in [5.74, 6) is -0.0847. The first-order valence-corrected chi connectivity index (χ1v) is 6.73. The molecule has 0 N–H and O–H groups in total. The molecule has 1 aromatic carbocycles. The van der Waals surface area contributed by atoms with E-state index in [1.54, 1.807) is 6.07 Å². The van der Waals surface area contributed by atoms with E-state index in [4.69, 9.17) is 0 Å². The molecule has 1 aromatic heterocycles. The van der Waals surface area contributed by atoms with Crippen molar-refractivity contribution in [2.45, 2.75) is 19.8 Å². The summed E-state index contributed by atoms with van der Waals surface area (Å²) in [6, 6.07) is 8.74. The third-order valence-corrected chi connectivity index (χ3v) is 3.51. The van der Waals surface area contributed by atoms with Gasteiger partial charge < -0.3 is 0 Å². The minimum Gasteiger partial charge on any atom is -0.252 e. The molecule has 100 valence electrons. The van der Waals surface area contributed by atoms with E-state index < -0.39 is 0 Å². The molecule has 1 aliphatic carbocycles. The molecular weight excluding hydrogens is 249 g/mol. The highest BCUT2D eigenvalue weighted by molar-refractivity contribution is 5.79. The molecule has 0 aliphatic heterocycles. The lowest BCUT2D eigenvalue weighted by molar-refractivity contribution is 0.639. The molecule has 0 fully saturated rings. The fourth-order valence-corrected chi connectivity index (χ4v) is 2.55. The zero-order valence-corrected chi connectivity index (χ0v) is 11.6. The number of rotatable bonds is 1. The van der Waals surface area contributed by atoms with Crippen molar-refractivity contribution in [2.75, 3.05) is 0 Å². The number of hydrogen-bond acceptors (Lipinski definition) is 1. The molecule has 20 heavy (non-hydrogen) atoms. The third kappa shape index (κ3) is 2.42. The van der Waals surface area contributed by atoms with Gasteiger partial charge in [0.15, 0.2) is 0 Å². The number of pyridine rings is 1. The van der Waals surface area contributed by atoms with Gasteiger partial charge in [-0.15, -0.1) is 0 Å². The monoisotopic (exact) mass is 265 g/mol. The maximum atomic E-state index is 13.7. The van der Waals surface area contributed by atoms with Crippen LogP contribution in [0.1, 0.15) is 25.5 Å². The summed E-state index contributed by atoms with van der Waals surface area (Å²) >= 11 is 0. The molecular formula is C18H16FN. The molecule has 2 aromatic rings. The van der Waals surface area contributed by atoms with Gasteiger partial charge in [0.1, 0.15) is 5.82 Å². The first-order valence-electron chi connectivity index (χ1n) is 6.73. The zero-order valence-electron chi connectivity index (χ0n) is 11.6. The molecule has 0 saturated heterocycles. The van der Waals surface area contributed by atoms with E-state index in [2.05, 4.69) is 43.1 Å². The number of benzene rings is 1. The maximum Gasteiger partial charge on any atom is 0.132 e. The van der Waals surface area contributed by atoms with E-state index >= 15 is 0 Å². The van der Waals surface area contributed by atoms with Crippen molar-refractivity contribution in [1.29, 1.82) is 0 Å². The second-order valence-corrected chi connectivity index (χ2v) is 5.23. The van der Waals surface area contributed by atoms with Gasteiger partial charge in [-0.25, -0.2) is 4.39 Å². The van der Waals surface area contributed by atoms with E-state index in [-0.39, 0.29) is 11.7 Å². The van der Waals surface area contributed by atoms with Gasteiger partial charge in [-0.1, -0.05) is 41.5 Å². The van der Waals surface area contributed by atoms with Crippen LogP contribution in [0.4, 0.5) is 4.39 Å². The van der Waals surface area contributed by atoms with Crippen molar-refractivity contribution >= 4 is 10.9 Å². The molecule has 0 saturated carbocycles. The van der Waals surface area contributed by atoms with Gasteiger partial charge in [-0.2, -0.15) is 0 Å². The van der Waals surface area contributed by atoms with Crippen molar-refractivity contribution < 1.29 is 4.39 Å². The first-order chi connectivity index (χ1) is 9.63. The molecule has 1 nitrogen and oxygen atoms in total. The predicted octanol–water partition coefficient (Wildman–Crippen LogP) is 4.92. The van der Waals surface area contributed by atoms with Crippen LogP contribution in [-0.4, -0.2) is 4.98 Å². The molecule has 3 rings (SSSR count). The average Bonchev–Trinajstić information content (AvgIpc) is 2.59. The van der Waals surface area contributed by atoms with Crippen molar-refractivity contribution in [2.24, 2.45) is 0 Å². The standard InChI is InChI=1S/C18H16FN/c1-12-6-7-14(11-13(2)10-12)17-9-8-15-16(19)4-3-5-18(15)20-17/h3-11,14H,1-2H3. The summed E-state index contributed by atoms with van der Waals surface area (Å²) in [4.78, 5) is 4.60. The van der Waals surface area contributed by atoms with E-state index in [1.807, 2.05) is 18.2 Å². The van der Waals surface area contributed by atoms with Crippen LogP contribution in [0.5, 0.6) is 0 Å². The normalized spacial score (nSPS) is 18.6. The van der Waals surface area contributed by atoms with Gasteiger partial charge in [0.25, 0.3) is 0 Å². The Kier molecular flexibility index (Phi) is 3.23. The van der Waals surface area contributed by atoms with Gasteiger partial charge in [-0.3, -0.25) is 4.98 Å². The second kappa shape index (κ2) is 5.04. The highest BCUT2D eigenvalue weighted by atomic mass is 19.1. The van der Waals surface area contributed by atoms with Gasteiger partial charge in [0.2, 0.25) is 0 Å². The Bertz CT molecular complexity index is 753. The van der Waals surface area contributed by atoms with E-state index in [1.165, 1.54) is 17.2 Å². The van der Waals surface area contributed by atoms with Gasteiger partial charge in [0, 0.05) is 11.3 Å². The minimum atomic E-state index is -0.220. The number of fused-ring (bicyclic) bond motifs is 1. The Morgan fingerprint density at radius 1 is 1.05 bits per heavy atom. The largest absolute Gasteiger partial charge is 0.252 e. The Labute approximate surface area is 118 Å². The molecule has 0 amide bonds. The van der Waals surface area contributed by atoms with E-state index in [9.17, 15) is 4.39 Å². The number of aromatic nitrogens is 1. The topological polar surface area (TPSA) is 12.9 Å². The lowest BCUT2D eigenvalue weighted by Crippen LogP contribution is -1.96. The summed E-state index contributed by atoms with van der Waals surface area (Å²) in [7, 11) is 0. The number of hydrogen-bond donors (Lipinski definition) is 0. The first kappa shape index (κ1) is 12.8. The molecule has 1 unspecified atom stereocenters. The number of allylic oxidation sites excluding steroid dienone is 6. The molecule has 1 atom stereocenters. The van der Waals surface area contributed by atoms with Gasteiger partial charge in [-0.05, 0) is 38.1 Å². The molecule has 0 radical (unpaired) electrons. The Balaban J connectivity index is 2.07. The van der Waals surface area contributed by atoms with E-state index in [0.29, 0.717) is 10.9 Å². The Morgan fingerprint density at radius 2 is 1.90 bits per heavy atom. The zero-order chi connectivity index (χ0) is 14.1. The smallest absolute Gasteiger partial charge is 0.132 e. The fourth-order valence-electron chi connectivity index (χ4n) is 2.55. The summed E-state index contributed by atoms with van der Waals surface area (Å²) in [6.45, 7) is 4.17. The van der Waals surface area contributed by atoms with Crippen LogP contribution in [0.15, 0.2) is 65.8 Å². The number of halogens is 1. The summed E-state index contributed by atoms with van der Waals surface area (Å²) in [5, 5.41) is 0.573. The predicted molar refractivity (Wildman–Crippen MR) is 81.1 cm³/mol. The molecule has 2 heteroatoms. The van der Waals surface area contributed by atoms with Crippen molar-refractivity contribution in [1.82, 2.24) is 4.98 Å². The van der Waals surface area contributed by atoms with Crippen LogP contribution in [0.3, 0.4) is 0 Å². The lowest BCUT2D eigenvalue weighted by atomic mass is 10.0. The van der Waals surface area contributed by atoms with Crippen LogP contribution >= 0.6 is 0 Å². The Morgan fingerprint density at radius 3 is 2.75 bits per heavy atom. The van der Waals surface area contributed by atoms with Crippen LogP contribution < -0.4 is 0 Å². The number of nitrogens with zero attached hydrogens (tertiary/aromatic N) is 1. The quantitative estimate of drug-likeness (QED) is 0.713. The molecule has 0 bridgehead atoms. The van der Waals surface area contributed by atoms with Crippen LogP contribution in [0, 0.1) is 5.82 Å². The van der Waals surface area contributed by atoms with Crippen LogP contribution in [0.2, 0.25) is 0 Å².